The van der Waals surface area contributed by atoms with Gasteiger partial charge < -0.3 is 0 Å². The van der Waals surface area contributed by atoms with Gasteiger partial charge >= 0.3 is 0 Å². The summed E-state index contributed by atoms with van der Waals surface area (Å²) >= 11 is 0. The second-order valence-electron chi connectivity index (χ2n) is 3.27. The lowest BCUT2D eigenvalue weighted by Crippen LogP contribution is -2.25. The standard InChI is InChI=1S/C10H11N3O/c1-2-8-5-10(14)13(6-8)9-3-4-11-7-12-9/h2-4,7-8H,1,5-6H2. The van der Waals surface area contributed by atoms with Crippen LogP contribution in [-0.2, 0) is 4.79 Å². The molecule has 4 heteroatoms. The molecule has 0 radical (unpaired) electrons. The number of aromatic nitrogens is 2. The molecule has 1 aliphatic rings. The van der Waals surface area contributed by atoms with Crippen LogP contribution in [0.3, 0.4) is 0 Å². The first-order valence-electron chi connectivity index (χ1n) is 4.50. The van der Waals surface area contributed by atoms with Gasteiger partial charge in [-0.25, -0.2) is 9.97 Å². The summed E-state index contributed by atoms with van der Waals surface area (Å²) in [4.78, 5) is 21.1. The fourth-order valence-corrected chi connectivity index (χ4v) is 1.56. The second kappa shape index (κ2) is 3.57. The first kappa shape index (κ1) is 8.87. The van der Waals surface area contributed by atoms with Crippen LogP contribution in [0.25, 0.3) is 0 Å². The largest absolute Gasteiger partial charge is 0.296 e. The van der Waals surface area contributed by atoms with Gasteiger partial charge in [-0.3, -0.25) is 9.69 Å². The van der Waals surface area contributed by atoms with Crippen LogP contribution in [0.2, 0.25) is 0 Å². The van der Waals surface area contributed by atoms with Crippen molar-refractivity contribution >= 4 is 11.7 Å². The normalized spacial score (nSPS) is 21.3. The Morgan fingerprint density at radius 2 is 2.50 bits per heavy atom. The van der Waals surface area contributed by atoms with Crippen molar-refractivity contribution in [2.24, 2.45) is 5.92 Å². The van der Waals surface area contributed by atoms with Gasteiger partial charge in [-0.15, -0.1) is 6.58 Å². The Hall–Kier alpha value is -1.71. The van der Waals surface area contributed by atoms with Crippen LogP contribution in [0.15, 0.2) is 31.2 Å². The van der Waals surface area contributed by atoms with E-state index in [9.17, 15) is 4.79 Å². The Morgan fingerprint density at radius 1 is 1.64 bits per heavy atom. The van der Waals surface area contributed by atoms with Crippen LogP contribution >= 0.6 is 0 Å². The lowest BCUT2D eigenvalue weighted by molar-refractivity contribution is -0.117. The predicted octanol–water partition coefficient (Wildman–Crippen LogP) is 1.02. The molecule has 1 amide bonds. The van der Waals surface area contributed by atoms with E-state index in [-0.39, 0.29) is 11.8 Å². The van der Waals surface area contributed by atoms with Crippen molar-refractivity contribution in [3.05, 3.63) is 31.2 Å². The van der Waals surface area contributed by atoms with Crippen LogP contribution in [0.5, 0.6) is 0 Å². The summed E-state index contributed by atoms with van der Waals surface area (Å²) in [6.07, 6.45) is 5.44. The van der Waals surface area contributed by atoms with E-state index in [1.807, 2.05) is 6.08 Å². The predicted molar refractivity (Wildman–Crippen MR) is 52.7 cm³/mol. The zero-order chi connectivity index (χ0) is 9.97. The van der Waals surface area contributed by atoms with Crippen molar-refractivity contribution in [2.45, 2.75) is 6.42 Å². The van der Waals surface area contributed by atoms with Gasteiger partial charge in [0.1, 0.15) is 12.1 Å². The van der Waals surface area contributed by atoms with Gasteiger partial charge in [0.05, 0.1) is 0 Å². The Balaban J connectivity index is 2.21. The summed E-state index contributed by atoms with van der Waals surface area (Å²) in [6.45, 7) is 4.37. The van der Waals surface area contributed by atoms with Crippen molar-refractivity contribution in [3.63, 3.8) is 0 Å². The van der Waals surface area contributed by atoms with Crippen molar-refractivity contribution in [1.82, 2.24) is 9.97 Å². The Morgan fingerprint density at radius 3 is 3.07 bits per heavy atom. The minimum atomic E-state index is 0.105. The van der Waals surface area contributed by atoms with Crippen molar-refractivity contribution in [1.29, 1.82) is 0 Å². The molecule has 1 aromatic heterocycles. The average Bonchev–Trinajstić information content (AvgIpc) is 2.61. The third-order valence-electron chi connectivity index (χ3n) is 2.33. The monoisotopic (exact) mass is 189 g/mol. The van der Waals surface area contributed by atoms with Crippen molar-refractivity contribution in [3.8, 4) is 0 Å². The highest BCUT2D eigenvalue weighted by Gasteiger charge is 2.29. The molecule has 1 fully saturated rings. The van der Waals surface area contributed by atoms with E-state index in [0.717, 1.165) is 0 Å². The quantitative estimate of drug-likeness (QED) is 0.652. The highest BCUT2D eigenvalue weighted by atomic mass is 16.2. The fourth-order valence-electron chi connectivity index (χ4n) is 1.56. The molecule has 1 saturated heterocycles. The molecule has 1 unspecified atom stereocenters. The summed E-state index contributed by atoms with van der Waals surface area (Å²) in [5.74, 6) is 1.03. The first-order chi connectivity index (χ1) is 6.81. The SMILES string of the molecule is C=CC1CC(=O)N(c2ccncn2)C1. The Kier molecular flexibility index (Phi) is 2.26. The molecule has 1 atom stereocenters. The molecular formula is C10H11N3O. The molecule has 1 aromatic rings. The molecular weight excluding hydrogens is 178 g/mol. The number of nitrogens with zero attached hydrogens (tertiary/aromatic N) is 3. The summed E-state index contributed by atoms with van der Waals surface area (Å²) in [5.41, 5.74) is 0. The van der Waals surface area contributed by atoms with Gasteiger partial charge in [-0.1, -0.05) is 6.08 Å². The summed E-state index contributed by atoms with van der Waals surface area (Å²) in [5, 5.41) is 0. The van der Waals surface area contributed by atoms with Crippen LogP contribution in [0.1, 0.15) is 6.42 Å². The highest BCUT2D eigenvalue weighted by molar-refractivity contribution is 5.94. The first-order valence-corrected chi connectivity index (χ1v) is 4.50. The number of rotatable bonds is 2. The molecule has 4 nitrogen and oxygen atoms in total. The van der Waals surface area contributed by atoms with Crippen molar-refractivity contribution < 1.29 is 4.79 Å². The molecule has 0 N–H and O–H groups in total. The van der Waals surface area contributed by atoms with Gasteiger partial charge in [0, 0.05) is 25.1 Å². The molecule has 0 bridgehead atoms. The van der Waals surface area contributed by atoms with Gasteiger partial charge in [0.25, 0.3) is 0 Å². The second-order valence-corrected chi connectivity index (χ2v) is 3.27. The number of hydrogen-bond donors (Lipinski definition) is 0. The number of carbonyl (C=O) groups is 1. The van der Waals surface area contributed by atoms with E-state index in [4.69, 9.17) is 0 Å². The molecule has 72 valence electrons. The molecule has 0 saturated carbocycles. The topological polar surface area (TPSA) is 46.1 Å². The van der Waals surface area contributed by atoms with Crippen LogP contribution in [-0.4, -0.2) is 22.4 Å². The van der Waals surface area contributed by atoms with E-state index < -0.39 is 0 Å². The van der Waals surface area contributed by atoms with Crippen LogP contribution < -0.4 is 4.90 Å². The lowest BCUT2D eigenvalue weighted by atomic mass is 10.1. The number of carbonyl (C=O) groups excluding carboxylic acids is 1. The summed E-state index contributed by atoms with van der Waals surface area (Å²) in [7, 11) is 0. The van der Waals surface area contributed by atoms with E-state index >= 15 is 0 Å². The molecule has 0 aromatic carbocycles. The maximum atomic E-state index is 11.6. The Bertz CT molecular complexity index is 350. The fraction of sp³-hybridized carbons (Fsp3) is 0.300. The third-order valence-corrected chi connectivity index (χ3v) is 2.33. The van der Waals surface area contributed by atoms with Gasteiger partial charge in [-0.05, 0) is 6.07 Å². The summed E-state index contributed by atoms with van der Waals surface area (Å²) < 4.78 is 0. The summed E-state index contributed by atoms with van der Waals surface area (Å²) in [6, 6.07) is 1.74. The molecule has 14 heavy (non-hydrogen) atoms. The van der Waals surface area contributed by atoms with Crippen LogP contribution in [0, 0.1) is 5.92 Å². The number of amides is 1. The highest BCUT2D eigenvalue weighted by Crippen LogP contribution is 2.22. The van der Waals surface area contributed by atoms with E-state index in [1.54, 1.807) is 17.2 Å². The smallest absolute Gasteiger partial charge is 0.228 e. The number of anilines is 1. The van der Waals surface area contributed by atoms with Gasteiger partial charge in [-0.2, -0.15) is 0 Å². The van der Waals surface area contributed by atoms with Gasteiger partial charge in [0.2, 0.25) is 5.91 Å². The molecule has 2 rings (SSSR count). The molecule has 2 heterocycles. The molecule has 1 aliphatic heterocycles. The third kappa shape index (κ3) is 1.51. The lowest BCUT2D eigenvalue weighted by Gasteiger charge is -2.13. The maximum absolute atomic E-state index is 11.6. The average molecular weight is 189 g/mol. The maximum Gasteiger partial charge on any atom is 0.228 e. The number of hydrogen-bond acceptors (Lipinski definition) is 3. The van der Waals surface area contributed by atoms with E-state index in [0.29, 0.717) is 18.8 Å². The Labute approximate surface area is 82.3 Å². The zero-order valence-corrected chi connectivity index (χ0v) is 7.76. The minimum absolute atomic E-state index is 0.105. The zero-order valence-electron chi connectivity index (χ0n) is 7.76. The molecule has 0 aliphatic carbocycles. The van der Waals surface area contributed by atoms with Crippen molar-refractivity contribution in [2.75, 3.05) is 11.4 Å². The molecule has 0 spiro atoms. The van der Waals surface area contributed by atoms with E-state index in [2.05, 4.69) is 16.5 Å². The van der Waals surface area contributed by atoms with Crippen LogP contribution in [0.4, 0.5) is 5.82 Å². The van der Waals surface area contributed by atoms with Gasteiger partial charge in [0.15, 0.2) is 0 Å². The minimum Gasteiger partial charge on any atom is -0.296 e. The van der Waals surface area contributed by atoms with E-state index in [1.165, 1.54) is 6.33 Å².